The van der Waals surface area contributed by atoms with Crippen molar-refractivity contribution in [3.8, 4) is 0 Å². The van der Waals surface area contributed by atoms with Gasteiger partial charge in [0.25, 0.3) is 5.56 Å². The van der Waals surface area contributed by atoms with E-state index in [0.717, 1.165) is 22.5 Å². The maximum atomic E-state index is 11.3. The second-order valence-electron chi connectivity index (χ2n) is 5.12. The van der Waals surface area contributed by atoms with Gasteiger partial charge < -0.3 is 10.3 Å². The third-order valence-corrected chi connectivity index (χ3v) is 4.26. The van der Waals surface area contributed by atoms with E-state index in [9.17, 15) is 4.79 Å². The molecular weight excluding hydrogens is 350 g/mol. The van der Waals surface area contributed by atoms with Gasteiger partial charge in [0, 0.05) is 28.2 Å². The first-order chi connectivity index (χ1) is 10.0. The monoisotopic (exact) mass is 367 g/mol. The fourth-order valence-corrected chi connectivity index (χ4v) is 3.07. The third kappa shape index (κ3) is 5.30. The molecule has 1 aromatic heterocycles. The topological polar surface area (TPSA) is 57.8 Å². The molecule has 0 saturated carbocycles. The van der Waals surface area contributed by atoms with Gasteiger partial charge in [0.15, 0.2) is 5.16 Å². The van der Waals surface area contributed by atoms with Gasteiger partial charge in [0.05, 0.1) is 0 Å². The molecule has 4 nitrogen and oxygen atoms in total. The van der Waals surface area contributed by atoms with Crippen LogP contribution in [-0.4, -0.2) is 16.5 Å². The summed E-state index contributed by atoms with van der Waals surface area (Å²) in [4.78, 5) is 19.3. The van der Waals surface area contributed by atoms with E-state index in [2.05, 4.69) is 51.1 Å². The molecule has 6 heteroatoms. The molecule has 2 rings (SSSR count). The summed E-state index contributed by atoms with van der Waals surface area (Å²) >= 11 is 4.97. The Labute approximate surface area is 136 Å². The molecule has 0 fully saturated rings. The smallest absolute Gasteiger partial charge is 0.251 e. The molecule has 1 heterocycles. The van der Waals surface area contributed by atoms with Crippen LogP contribution in [0.4, 0.5) is 0 Å². The number of benzene rings is 1. The number of nitrogens with one attached hydrogen (secondary N) is 2. The molecule has 0 bridgehead atoms. The predicted molar refractivity (Wildman–Crippen MR) is 89.7 cm³/mol. The summed E-state index contributed by atoms with van der Waals surface area (Å²) in [5, 5.41) is 4.05. The molecule has 2 aromatic rings. The van der Waals surface area contributed by atoms with Crippen LogP contribution >= 0.6 is 27.7 Å². The van der Waals surface area contributed by atoms with E-state index in [1.807, 2.05) is 12.1 Å². The predicted octanol–water partition coefficient (Wildman–Crippen LogP) is 3.43. The summed E-state index contributed by atoms with van der Waals surface area (Å²) in [6, 6.07) is 7.54. The maximum absolute atomic E-state index is 11.3. The summed E-state index contributed by atoms with van der Waals surface area (Å²) in [6.07, 6.45) is 1.52. The largest absolute Gasteiger partial charge is 0.312 e. The fourth-order valence-electron chi connectivity index (χ4n) is 1.79. The lowest BCUT2D eigenvalue weighted by molar-refractivity contribution is 0.550. The number of aromatic amines is 1. The van der Waals surface area contributed by atoms with Crippen molar-refractivity contribution in [1.82, 2.24) is 15.3 Å². The number of nitrogens with zero attached hydrogens (tertiary/aromatic N) is 1. The van der Waals surface area contributed by atoms with Gasteiger partial charge in [0.2, 0.25) is 0 Å². The average molecular weight is 368 g/mol. The summed E-state index contributed by atoms with van der Waals surface area (Å²) < 4.78 is 1.04. The van der Waals surface area contributed by atoms with Crippen LogP contribution in [0.25, 0.3) is 0 Å². The minimum absolute atomic E-state index is 0.135. The first-order valence-electron chi connectivity index (χ1n) is 6.77. The van der Waals surface area contributed by atoms with E-state index in [4.69, 9.17) is 0 Å². The third-order valence-electron chi connectivity index (χ3n) is 2.75. The lowest BCUT2D eigenvalue weighted by Crippen LogP contribution is -2.19. The maximum Gasteiger partial charge on any atom is 0.251 e. The minimum atomic E-state index is -0.135. The number of rotatable bonds is 6. The Morgan fingerprint density at radius 3 is 2.90 bits per heavy atom. The molecule has 0 atom stereocenters. The first kappa shape index (κ1) is 16.3. The standard InChI is InChI=1S/C15H18BrN3OS/c1-10(2)8-17-9-11-7-12(16)3-4-13(11)21-15-18-6-5-14(20)19-15/h3-7,10,17H,8-9H2,1-2H3,(H,18,19,20). The van der Waals surface area contributed by atoms with Gasteiger partial charge in [-0.15, -0.1) is 0 Å². The van der Waals surface area contributed by atoms with E-state index in [1.54, 1.807) is 0 Å². The zero-order valence-corrected chi connectivity index (χ0v) is 14.4. The van der Waals surface area contributed by atoms with Crippen LogP contribution < -0.4 is 10.9 Å². The van der Waals surface area contributed by atoms with Gasteiger partial charge in [-0.3, -0.25) is 4.79 Å². The van der Waals surface area contributed by atoms with Crippen LogP contribution in [-0.2, 0) is 6.54 Å². The van der Waals surface area contributed by atoms with Gasteiger partial charge >= 0.3 is 0 Å². The van der Waals surface area contributed by atoms with E-state index in [-0.39, 0.29) is 5.56 Å². The number of aromatic nitrogens is 2. The highest BCUT2D eigenvalue weighted by molar-refractivity contribution is 9.10. The van der Waals surface area contributed by atoms with E-state index in [0.29, 0.717) is 11.1 Å². The molecule has 21 heavy (non-hydrogen) atoms. The lowest BCUT2D eigenvalue weighted by atomic mass is 10.2. The SMILES string of the molecule is CC(C)CNCc1cc(Br)ccc1Sc1nccc(=O)[nH]1. The van der Waals surface area contributed by atoms with Crippen LogP contribution in [0.5, 0.6) is 0 Å². The Morgan fingerprint density at radius 1 is 1.38 bits per heavy atom. The zero-order valence-electron chi connectivity index (χ0n) is 12.0. The second-order valence-corrected chi connectivity index (χ2v) is 7.06. The van der Waals surface area contributed by atoms with Crippen molar-refractivity contribution >= 4 is 27.7 Å². The average Bonchev–Trinajstić information content (AvgIpc) is 2.41. The zero-order chi connectivity index (χ0) is 15.2. The van der Waals surface area contributed by atoms with Crippen molar-refractivity contribution in [1.29, 1.82) is 0 Å². The van der Waals surface area contributed by atoms with Gasteiger partial charge in [-0.2, -0.15) is 0 Å². The Hall–Kier alpha value is -1.11. The van der Waals surface area contributed by atoms with E-state index in [1.165, 1.54) is 29.6 Å². The molecule has 0 spiro atoms. The molecule has 0 unspecified atom stereocenters. The highest BCUT2D eigenvalue weighted by atomic mass is 79.9. The summed E-state index contributed by atoms with van der Waals surface area (Å²) in [7, 11) is 0. The number of hydrogen-bond acceptors (Lipinski definition) is 4. The van der Waals surface area contributed by atoms with Crippen LogP contribution in [0.15, 0.2) is 49.8 Å². The summed E-state index contributed by atoms with van der Waals surface area (Å²) in [5.74, 6) is 0.611. The van der Waals surface area contributed by atoms with Crippen molar-refractivity contribution < 1.29 is 0 Å². The molecule has 0 aliphatic heterocycles. The van der Waals surface area contributed by atoms with Crippen molar-refractivity contribution in [3.05, 3.63) is 50.9 Å². The number of H-pyrrole nitrogens is 1. The van der Waals surface area contributed by atoms with Crippen molar-refractivity contribution in [2.45, 2.75) is 30.4 Å². The number of hydrogen-bond donors (Lipinski definition) is 2. The second kappa shape index (κ2) is 7.77. The molecule has 2 N–H and O–H groups in total. The highest BCUT2D eigenvalue weighted by Gasteiger charge is 2.07. The molecule has 0 aliphatic rings. The lowest BCUT2D eigenvalue weighted by Gasteiger charge is -2.12. The fraction of sp³-hybridized carbons (Fsp3) is 0.333. The minimum Gasteiger partial charge on any atom is -0.312 e. The molecule has 0 saturated heterocycles. The Morgan fingerprint density at radius 2 is 2.19 bits per heavy atom. The quantitative estimate of drug-likeness (QED) is 0.767. The molecule has 112 valence electrons. The van der Waals surface area contributed by atoms with Crippen LogP contribution in [0.1, 0.15) is 19.4 Å². The molecule has 0 aliphatic carbocycles. The normalized spacial score (nSPS) is 11.0. The Kier molecular flexibility index (Phi) is 6.02. The van der Waals surface area contributed by atoms with Crippen molar-refractivity contribution in [2.75, 3.05) is 6.54 Å². The van der Waals surface area contributed by atoms with E-state index < -0.39 is 0 Å². The molecule has 1 aromatic carbocycles. The summed E-state index contributed by atoms with van der Waals surface area (Å²) in [6.45, 7) is 6.12. The van der Waals surface area contributed by atoms with Gasteiger partial charge in [-0.25, -0.2) is 4.98 Å². The first-order valence-corrected chi connectivity index (χ1v) is 8.38. The van der Waals surface area contributed by atoms with Gasteiger partial charge in [-0.05, 0) is 36.2 Å². The molecule has 0 radical (unpaired) electrons. The number of halogens is 1. The van der Waals surface area contributed by atoms with E-state index >= 15 is 0 Å². The Balaban J connectivity index is 2.16. The van der Waals surface area contributed by atoms with Gasteiger partial charge in [0.1, 0.15) is 0 Å². The Bertz CT molecular complexity index is 657. The highest BCUT2D eigenvalue weighted by Crippen LogP contribution is 2.29. The van der Waals surface area contributed by atoms with Crippen LogP contribution in [0.3, 0.4) is 0 Å². The summed E-state index contributed by atoms with van der Waals surface area (Å²) in [5.41, 5.74) is 1.05. The molecular formula is C15H18BrN3OS. The van der Waals surface area contributed by atoms with Crippen molar-refractivity contribution in [3.63, 3.8) is 0 Å². The van der Waals surface area contributed by atoms with Gasteiger partial charge in [-0.1, -0.05) is 41.5 Å². The van der Waals surface area contributed by atoms with Crippen LogP contribution in [0, 0.1) is 5.92 Å². The van der Waals surface area contributed by atoms with Crippen molar-refractivity contribution in [2.24, 2.45) is 5.92 Å². The van der Waals surface area contributed by atoms with Crippen LogP contribution in [0.2, 0.25) is 0 Å². The molecule has 0 amide bonds.